The Labute approximate surface area is 186 Å². The molecule has 4 rings (SSSR count). The average Bonchev–Trinajstić information content (AvgIpc) is 3.14. The lowest BCUT2D eigenvalue weighted by molar-refractivity contribution is -0.137. The number of benzene rings is 2. The van der Waals surface area contributed by atoms with Crippen LogP contribution in [0.15, 0.2) is 42.6 Å². The number of nitrogens with one attached hydrogen (secondary N) is 3. The van der Waals surface area contributed by atoms with Gasteiger partial charge < -0.3 is 21.7 Å². The number of carbonyl (C=O) groups excluding carboxylic acids is 2. The largest absolute Gasteiger partial charge is 0.421 e. The Morgan fingerprint density at radius 1 is 1.24 bits per heavy atom. The van der Waals surface area contributed by atoms with Crippen molar-refractivity contribution in [2.45, 2.75) is 26.2 Å². The number of fused-ring (bicyclic) bond motifs is 1. The Balaban J connectivity index is 1.65. The molecule has 2 heterocycles. The van der Waals surface area contributed by atoms with E-state index in [1.807, 2.05) is 0 Å². The first-order valence-corrected chi connectivity index (χ1v) is 9.88. The van der Waals surface area contributed by atoms with Crippen LogP contribution in [0.4, 0.5) is 30.6 Å². The number of alkyl halides is 3. The van der Waals surface area contributed by atoms with Crippen molar-refractivity contribution in [2.24, 2.45) is 5.73 Å². The van der Waals surface area contributed by atoms with Crippen molar-refractivity contribution in [1.82, 2.24) is 15.3 Å². The van der Waals surface area contributed by atoms with E-state index in [9.17, 15) is 22.8 Å². The fraction of sp³-hybridized carbons (Fsp3) is 0.182. The van der Waals surface area contributed by atoms with E-state index >= 15 is 0 Å². The van der Waals surface area contributed by atoms with Crippen LogP contribution in [-0.2, 0) is 19.3 Å². The van der Waals surface area contributed by atoms with E-state index in [0.717, 1.165) is 5.56 Å². The number of hydrogen-bond acceptors (Lipinski definition) is 6. The van der Waals surface area contributed by atoms with Gasteiger partial charge in [0.2, 0.25) is 11.9 Å². The van der Waals surface area contributed by atoms with Gasteiger partial charge in [-0.05, 0) is 35.7 Å². The van der Waals surface area contributed by atoms with Gasteiger partial charge in [-0.15, -0.1) is 0 Å². The molecule has 8 nitrogen and oxygen atoms in total. The van der Waals surface area contributed by atoms with Crippen molar-refractivity contribution in [2.75, 3.05) is 10.6 Å². The number of carbonyl (C=O) groups is 2. The zero-order chi connectivity index (χ0) is 23.8. The van der Waals surface area contributed by atoms with Crippen molar-refractivity contribution in [1.29, 1.82) is 0 Å². The summed E-state index contributed by atoms with van der Waals surface area (Å²) < 4.78 is 40.7. The Bertz CT molecular complexity index is 1260. The van der Waals surface area contributed by atoms with E-state index in [-0.39, 0.29) is 24.0 Å². The molecule has 1 aliphatic rings. The van der Waals surface area contributed by atoms with Gasteiger partial charge in [0.1, 0.15) is 11.4 Å². The Hall–Kier alpha value is -4.15. The standard InChI is InChI=1S/C22H19F3N6O2/c1-11-5-6-12(18(26)32)7-16(11)30-21-29-10-15(22(23,24)25)19(31-21)27-8-13-3-2-4-14-9-28-20(33)17(13)14/h2-7,10H,8-9H2,1H3,(H2,26,32)(H,28,33)(H2,27,29,30,31). The van der Waals surface area contributed by atoms with Gasteiger partial charge >= 0.3 is 6.18 Å². The van der Waals surface area contributed by atoms with E-state index in [2.05, 4.69) is 25.9 Å². The van der Waals surface area contributed by atoms with Crippen LogP contribution in [0, 0.1) is 6.92 Å². The van der Waals surface area contributed by atoms with Gasteiger partial charge in [-0.25, -0.2) is 4.98 Å². The zero-order valence-corrected chi connectivity index (χ0v) is 17.4. The summed E-state index contributed by atoms with van der Waals surface area (Å²) in [5.74, 6) is -1.47. The topological polar surface area (TPSA) is 122 Å². The van der Waals surface area contributed by atoms with Crippen LogP contribution in [0.2, 0.25) is 0 Å². The fourth-order valence-corrected chi connectivity index (χ4v) is 3.50. The molecular weight excluding hydrogens is 437 g/mol. The number of hydrogen-bond donors (Lipinski definition) is 4. The molecule has 5 N–H and O–H groups in total. The molecular formula is C22H19F3N6O2. The fourth-order valence-electron chi connectivity index (χ4n) is 3.50. The maximum Gasteiger partial charge on any atom is 0.421 e. The summed E-state index contributed by atoms with van der Waals surface area (Å²) in [5.41, 5.74) is 7.40. The van der Waals surface area contributed by atoms with Gasteiger partial charge in [0, 0.05) is 36.1 Å². The van der Waals surface area contributed by atoms with Crippen LogP contribution in [0.25, 0.3) is 0 Å². The number of nitrogens with zero attached hydrogens (tertiary/aromatic N) is 2. The molecule has 11 heteroatoms. The van der Waals surface area contributed by atoms with Gasteiger partial charge in [0.05, 0.1) is 0 Å². The quantitative estimate of drug-likeness (QED) is 0.450. The molecule has 2 amide bonds. The van der Waals surface area contributed by atoms with Crippen molar-refractivity contribution >= 4 is 29.3 Å². The number of aromatic nitrogens is 2. The maximum absolute atomic E-state index is 13.6. The molecule has 0 atom stereocenters. The molecule has 1 aromatic heterocycles. The number of aryl methyl sites for hydroxylation is 1. The third-order valence-electron chi connectivity index (χ3n) is 5.21. The normalized spacial score (nSPS) is 12.8. The molecule has 0 fully saturated rings. The lowest BCUT2D eigenvalue weighted by atomic mass is 10.0. The third-order valence-corrected chi connectivity index (χ3v) is 5.21. The Kier molecular flexibility index (Phi) is 5.62. The second kappa shape index (κ2) is 8.41. The highest BCUT2D eigenvalue weighted by molar-refractivity contribution is 5.99. The van der Waals surface area contributed by atoms with E-state index in [1.165, 1.54) is 12.1 Å². The van der Waals surface area contributed by atoms with Gasteiger partial charge in [-0.3, -0.25) is 9.59 Å². The molecule has 1 aliphatic heterocycles. The summed E-state index contributed by atoms with van der Waals surface area (Å²) in [5, 5.41) is 8.22. The summed E-state index contributed by atoms with van der Waals surface area (Å²) in [7, 11) is 0. The predicted molar refractivity (Wildman–Crippen MR) is 115 cm³/mol. The molecule has 0 saturated carbocycles. The predicted octanol–water partition coefficient (Wildman–Crippen LogP) is 3.50. The molecule has 0 aliphatic carbocycles. The molecule has 3 aromatic rings. The maximum atomic E-state index is 13.6. The molecule has 0 spiro atoms. The third kappa shape index (κ3) is 4.56. The Morgan fingerprint density at radius 2 is 2.03 bits per heavy atom. The second-order valence-corrected chi connectivity index (χ2v) is 7.46. The summed E-state index contributed by atoms with van der Waals surface area (Å²) in [6.45, 7) is 2.07. The second-order valence-electron chi connectivity index (χ2n) is 7.46. The van der Waals surface area contributed by atoms with Crippen molar-refractivity contribution in [3.63, 3.8) is 0 Å². The van der Waals surface area contributed by atoms with Crippen LogP contribution in [0.5, 0.6) is 0 Å². The molecule has 0 radical (unpaired) electrons. The van der Waals surface area contributed by atoms with Crippen molar-refractivity contribution in [3.8, 4) is 0 Å². The highest BCUT2D eigenvalue weighted by Crippen LogP contribution is 2.35. The van der Waals surface area contributed by atoms with Crippen molar-refractivity contribution < 1.29 is 22.8 Å². The van der Waals surface area contributed by atoms with Crippen LogP contribution in [0.3, 0.4) is 0 Å². The van der Waals surface area contributed by atoms with Gasteiger partial charge in [0.25, 0.3) is 5.91 Å². The van der Waals surface area contributed by atoms with Gasteiger partial charge in [-0.1, -0.05) is 24.3 Å². The van der Waals surface area contributed by atoms with Crippen LogP contribution >= 0.6 is 0 Å². The first-order chi connectivity index (χ1) is 15.6. The molecule has 170 valence electrons. The van der Waals surface area contributed by atoms with E-state index in [0.29, 0.717) is 35.1 Å². The minimum Gasteiger partial charge on any atom is -0.366 e. The lowest BCUT2D eigenvalue weighted by Crippen LogP contribution is -2.17. The highest BCUT2D eigenvalue weighted by Gasteiger charge is 2.35. The average molecular weight is 456 g/mol. The highest BCUT2D eigenvalue weighted by atomic mass is 19.4. The number of anilines is 3. The van der Waals surface area contributed by atoms with E-state index in [1.54, 1.807) is 31.2 Å². The SMILES string of the molecule is Cc1ccc(C(N)=O)cc1Nc1ncc(C(F)(F)F)c(NCc2cccc3c2C(=O)NC3)n1. The minimum atomic E-state index is -4.70. The van der Waals surface area contributed by atoms with Crippen LogP contribution in [-0.4, -0.2) is 21.8 Å². The van der Waals surface area contributed by atoms with E-state index < -0.39 is 23.5 Å². The molecule has 0 saturated heterocycles. The smallest absolute Gasteiger partial charge is 0.366 e. The monoisotopic (exact) mass is 456 g/mol. The van der Waals surface area contributed by atoms with Crippen molar-refractivity contribution in [3.05, 3.63) is 76.0 Å². The summed E-state index contributed by atoms with van der Waals surface area (Å²) >= 11 is 0. The number of halogens is 3. The number of amides is 2. The number of nitrogens with two attached hydrogens (primary N) is 1. The minimum absolute atomic E-state index is 0.0493. The van der Waals surface area contributed by atoms with Crippen LogP contribution < -0.4 is 21.7 Å². The van der Waals surface area contributed by atoms with Gasteiger partial charge in [-0.2, -0.15) is 18.2 Å². The molecule has 0 bridgehead atoms. The summed E-state index contributed by atoms with van der Waals surface area (Å²) in [6, 6.07) is 9.85. The summed E-state index contributed by atoms with van der Waals surface area (Å²) in [6.07, 6.45) is -4.02. The molecule has 0 unspecified atom stereocenters. The lowest BCUT2D eigenvalue weighted by Gasteiger charge is -2.16. The van der Waals surface area contributed by atoms with Gasteiger partial charge in [0.15, 0.2) is 0 Å². The van der Waals surface area contributed by atoms with E-state index in [4.69, 9.17) is 5.73 Å². The number of primary amides is 1. The first-order valence-electron chi connectivity index (χ1n) is 9.88. The summed E-state index contributed by atoms with van der Waals surface area (Å²) in [4.78, 5) is 31.3. The first kappa shape index (κ1) is 22.1. The zero-order valence-electron chi connectivity index (χ0n) is 17.4. The number of rotatable bonds is 6. The van der Waals surface area contributed by atoms with Crippen LogP contribution in [0.1, 0.15) is 43.0 Å². The Morgan fingerprint density at radius 3 is 2.76 bits per heavy atom. The molecule has 2 aromatic carbocycles. The molecule has 33 heavy (non-hydrogen) atoms.